The number of nitrogens with zero attached hydrogens (tertiary/aromatic N) is 1. The topological polar surface area (TPSA) is 43.7 Å². The van der Waals surface area contributed by atoms with Crippen LogP contribution in [0.15, 0.2) is 73.1 Å². The Hall–Kier alpha value is -2.66. The molecule has 1 aromatic heterocycles. The third-order valence-corrected chi connectivity index (χ3v) is 7.31. The molecule has 0 bridgehead atoms. The van der Waals surface area contributed by atoms with Gasteiger partial charge in [0.05, 0.1) is 13.2 Å². The van der Waals surface area contributed by atoms with Crippen molar-refractivity contribution in [1.82, 2.24) is 0 Å². The first-order valence-corrected chi connectivity index (χ1v) is 15.2. The Morgan fingerprint density at radius 3 is 1.98 bits per heavy atom. The molecule has 0 unspecified atom stereocenters. The van der Waals surface area contributed by atoms with Crippen LogP contribution in [0.5, 0.6) is 5.75 Å². The van der Waals surface area contributed by atoms with Crippen LogP contribution < -0.4 is 31.6 Å². The number of unbranched alkanes of at least 4 members (excludes halogenated alkanes) is 11. The summed E-state index contributed by atoms with van der Waals surface area (Å²) >= 11 is 0. The van der Waals surface area contributed by atoms with Crippen molar-refractivity contribution in [2.24, 2.45) is 0 Å². The zero-order valence-corrected chi connectivity index (χ0v) is 26.3. The molecule has 0 atom stereocenters. The number of nitrogens with one attached hydrogen (secondary N) is 1. The highest BCUT2D eigenvalue weighted by Crippen LogP contribution is 2.22. The van der Waals surface area contributed by atoms with Gasteiger partial charge in [0.25, 0.3) is 0 Å². The number of carbonyl (C=O) groups is 1. The zero-order chi connectivity index (χ0) is 27.5. The molecule has 4 nitrogen and oxygen atoms in total. The van der Waals surface area contributed by atoms with Crippen molar-refractivity contribution in [1.29, 1.82) is 0 Å². The molecule has 0 aliphatic rings. The van der Waals surface area contributed by atoms with E-state index in [4.69, 9.17) is 4.74 Å². The molecule has 0 radical (unpaired) electrons. The minimum atomic E-state index is 0. The van der Waals surface area contributed by atoms with Gasteiger partial charge < -0.3 is 26.6 Å². The number of H-pyrrole nitrogens is 1. The number of anilines is 1. The molecular formula is C35H49BrN2O2. The first-order valence-electron chi connectivity index (χ1n) is 15.2. The first-order chi connectivity index (χ1) is 19.2. The SMILES string of the molecule is CCCCCCCCCCCCCCOc1cccc(CN(C(C)=O)c2ccc(Cc3ccc[nH+]c3)cc2)c1.[Br-]. The van der Waals surface area contributed by atoms with Gasteiger partial charge in [-0.2, -0.15) is 0 Å². The maximum atomic E-state index is 12.5. The van der Waals surface area contributed by atoms with Crippen molar-refractivity contribution < 1.29 is 31.5 Å². The van der Waals surface area contributed by atoms with E-state index < -0.39 is 0 Å². The summed E-state index contributed by atoms with van der Waals surface area (Å²) in [5.41, 5.74) is 4.43. The highest BCUT2D eigenvalue weighted by molar-refractivity contribution is 5.91. The normalized spacial score (nSPS) is 10.7. The van der Waals surface area contributed by atoms with Gasteiger partial charge in [0.15, 0.2) is 12.4 Å². The third-order valence-electron chi connectivity index (χ3n) is 7.31. The molecule has 1 amide bonds. The van der Waals surface area contributed by atoms with Crippen LogP contribution >= 0.6 is 0 Å². The van der Waals surface area contributed by atoms with Crippen LogP contribution in [-0.2, 0) is 17.8 Å². The lowest BCUT2D eigenvalue weighted by molar-refractivity contribution is -0.378. The number of amides is 1. The molecule has 5 heteroatoms. The monoisotopic (exact) mass is 608 g/mol. The molecule has 0 spiro atoms. The Bertz CT molecular complexity index is 1070. The van der Waals surface area contributed by atoms with Gasteiger partial charge in [0, 0.05) is 30.7 Å². The smallest absolute Gasteiger partial charge is 0.224 e. The summed E-state index contributed by atoms with van der Waals surface area (Å²) in [4.78, 5) is 17.5. The Morgan fingerprint density at radius 1 is 0.750 bits per heavy atom. The molecule has 0 fully saturated rings. The molecular weight excluding hydrogens is 560 g/mol. The average molecular weight is 610 g/mol. The molecule has 2 aromatic carbocycles. The summed E-state index contributed by atoms with van der Waals surface area (Å²) in [5, 5.41) is 0. The molecule has 3 rings (SSSR count). The van der Waals surface area contributed by atoms with Crippen LogP contribution in [0.3, 0.4) is 0 Å². The Morgan fingerprint density at radius 2 is 1.38 bits per heavy atom. The highest BCUT2D eigenvalue weighted by Gasteiger charge is 2.13. The van der Waals surface area contributed by atoms with Gasteiger partial charge in [0.1, 0.15) is 5.75 Å². The highest BCUT2D eigenvalue weighted by atomic mass is 79.9. The van der Waals surface area contributed by atoms with Crippen molar-refractivity contribution >= 4 is 11.6 Å². The Balaban J connectivity index is 0.00000560. The zero-order valence-electron chi connectivity index (χ0n) is 24.7. The van der Waals surface area contributed by atoms with Gasteiger partial charge >= 0.3 is 0 Å². The van der Waals surface area contributed by atoms with Crippen molar-refractivity contribution in [2.45, 2.75) is 104 Å². The Labute approximate surface area is 253 Å². The summed E-state index contributed by atoms with van der Waals surface area (Å²) in [6.45, 7) is 5.18. The number of benzene rings is 2. The first kappa shape index (κ1) is 33.5. The molecule has 1 N–H and O–H groups in total. The van der Waals surface area contributed by atoms with Crippen molar-refractivity contribution in [2.75, 3.05) is 11.5 Å². The average Bonchev–Trinajstić information content (AvgIpc) is 2.95. The van der Waals surface area contributed by atoms with Crippen LogP contribution in [0.1, 0.15) is 108 Å². The number of carbonyl (C=O) groups excluding carboxylic acids is 1. The molecule has 218 valence electrons. The molecule has 0 aliphatic carbocycles. The summed E-state index contributed by atoms with van der Waals surface area (Å²) in [7, 11) is 0. The van der Waals surface area contributed by atoms with E-state index >= 15 is 0 Å². The third kappa shape index (κ3) is 13.1. The quantitative estimate of drug-likeness (QED) is 0.163. The lowest BCUT2D eigenvalue weighted by Gasteiger charge is -2.22. The number of rotatable bonds is 19. The number of hydrogen-bond acceptors (Lipinski definition) is 2. The van der Waals surface area contributed by atoms with Crippen LogP contribution in [0.2, 0.25) is 0 Å². The number of halogens is 1. The second kappa shape index (κ2) is 20.3. The fourth-order valence-electron chi connectivity index (χ4n) is 5.00. The number of aromatic nitrogens is 1. The molecule has 0 saturated carbocycles. The number of pyridine rings is 1. The predicted molar refractivity (Wildman–Crippen MR) is 162 cm³/mol. The summed E-state index contributed by atoms with van der Waals surface area (Å²) in [6, 6.07) is 20.6. The molecule has 40 heavy (non-hydrogen) atoms. The van der Waals surface area contributed by atoms with Gasteiger partial charge in [-0.15, -0.1) is 0 Å². The van der Waals surface area contributed by atoms with Crippen LogP contribution in [0, 0.1) is 0 Å². The van der Waals surface area contributed by atoms with Gasteiger partial charge in [-0.1, -0.05) is 102 Å². The van der Waals surface area contributed by atoms with E-state index in [2.05, 4.69) is 42.2 Å². The fourth-order valence-corrected chi connectivity index (χ4v) is 5.00. The molecule has 1 heterocycles. The minimum absolute atomic E-state index is 0. The van der Waals surface area contributed by atoms with E-state index in [1.165, 1.54) is 81.8 Å². The fraction of sp³-hybridized carbons (Fsp3) is 0.486. The maximum Gasteiger partial charge on any atom is 0.224 e. The van der Waals surface area contributed by atoms with E-state index in [9.17, 15) is 4.79 Å². The molecule has 0 aliphatic heterocycles. The summed E-state index contributed by atoms with van der Waals surface area (Å²) in [5.74, 6) is 0.914. The van der Waals surface area contributed by atoms with Gasteiger partial charge in [-0.05, 0) is 47.9 Å². The summed E-state index contributed by atoms with van der Waals surface area (Å²) in [6.07, 6.45) is 20.9. The minimum Gasteiger partial charge on any atom is -1.00 e. The van der Waals surface area contributed by atoms with E-state index in [-0.39, 0.29) is 22.9 Å². The van der Waals surface area contributed by atoms with E-state index in [1.54, 1.807) is 6.92 Å². The van der Waals surface area contributed by atoms with Gasteiger partial charge in [0.2, 0.25) is 5.91 Å². The lowest BCUT2D eigenvalue weighted by Crippen LogP contribution is -3.00. The van der Waals surface area contributed by atoms with Crippen molar-refractivity contribution in [3.63, 3.8) is 0 Å². The second-order valence-corrected chi connectivity index (χ2v) is 10.7. The van der Waals surface area contributed by atoms with Crippen molar-refractivity contribution in [3.8, 4) is 5.75 Å². The van der Waals surface area contributed by atoms with Crippen molar-refractivity contribution in [3.05, 3.63) is 89.7 Å². The van der Waals surface area contributed by atoms with E-state index in [1.807, 2.05) is 47.6 Å². The summed E-state index contributed by atoms with van der Waals surface area (Å²) < 4.78 is 6.05. The van der Waals surface area contributed by atoms with Crippen LogP contribution in [0.4, 0.5) is 5.69 Å². The molecule has 3 aromatic rings. The van der Waals surface area contributed by atoms with E-state index in [0.717, 1.165) is 36.4 Å². The molecule has 0 saturated heterocycles. The van der Waals surface area contributed by atoms with Crippen LogP contribution in [-0.4, -0.2) is 12.5 Å². The number of ether oxygens (including phenoxy) is 1. The van der Waals surface area contributed by atoms with Crippen LogP contribution in [0.25, 0.3) is 0 Å². The predicted octanol–water partition coefficient (Wildman–Crippen LogP) is 5.73. The largest absolute Gasteiger partial charge is 1.00 e. The number of aromatic amines is 1. The maximum absolute atomic E-state index is 12.5. The number of hydrogen-bond donors (Lipinski definition) is 0. The van der Waals surface area contributed by atoms with Gasteiger partial charge in [-0.3, -0.25) is 4.79 Å². The van der Waals surface area contributed by atoms with E-state index in [0.29, 0.717) is 6.54 Å². The van der Waals surface area contributed by atoms with Gasteiger partial charge in [-0.25, -0.2) is 4.98 Å². The second-order valence-electron chi connectivity index (χ2n) is 10.7. The lowest BCUT2D eigenvalue weighted by atomic mass is 10.1. The standard InChI is InChI=1S/C35H48N2O2.BrH/c1-3-4-5-6-7-8-9-10-11-12-13-14-25-39-35-19-15-17-33(27-35)29-37(30(2)38)34-22-20-31(21-23-34)26-32-18-16-24-36-28-32;/h15-24,27-28H,3-14,25-26,29H2,1-2H3;1H. The Kier molecular flexibility index (Phi) is 17.0.